The first-order valence-electron chi connectivity index (χ1n) is 3.83. The Hall–Kier alpha value is -0.610. The highest BCUT2D eigenvalue weighted by molar-refractivity contribution is 5.73. The van der Waals surface area contributed by atoms with E-state index in [-0.39, 0.29) is 12.6 Å². The van der Waals surface area contributed by atoms with E-state index in [0.29, 0.717) is 6.42 Å². The van der Waals surface area contributed by atoms with Crippen molar-refractivity contribution >= 4 is 5.97 Å². The molecule has 1 aliphatic rings. The first kappa shape index (κ1) is 8.49. The Morgan fingerprint density at radius 3 is 2.82 bits per heavy atom. The number of aliphatic hydroxyl groups is 1. The maximum atomic E-state index is 10.5. The van der Waals surface area contributed by atoms with Crippen molar-refractivity contribution in [3.8, 4) is 0 Å². The average molecular weight is 159 g/mol. The van der Waals surface area contributed by atoms with Gasteiger partial charge in [-0.1, -0.05) is 0 Å². The molecule has 0 aromatic carbocycles. The van der Waals surface area contributed by atoms with E-state index in [1.807, 2.05) is 0 Å². The standard InChI is InChI=1S/C7H13NO3/c9-4-5-2-1-3-6(8-5)7(10)11/h5-6,8-9H,1-4H2,(H,10,11)/t5-,6+/m0/s1. The van der Waals surface area contributed by atoms with E-state index in [1.165, 1.54) is 0 Å². The number of aliphatic carboxylic acids is 1. The van der Waals surface area contributed by atoms with Gasteiger partial charge in [-0.05, 0) is 19.3 Å². The minimum atomic E-state index is -0.817. The Morgan fingerprint density at radius 1 is 1.55 bits per heavy atom. The van der Waals surface area contributed by atoms with Crippen molar-refractivity contribution in [1.29, 1.82) is 0 Å². The van der Waals surface area contributed by atoms with Crippen LogP contribution >= 0.6 is 0 Å². The second-order valence-corrected chi connectivity index (χ2v) is 2.87. The van der Waals surface area contributed by atoms with Crippen molar-refractivity contribution in [3.63, 3.8) is 0 Å². The Kier molecular flexibility index (Phi) is 2.84. The van der Waals surface area contributed by atoms with Crippen LogP contribution in [-0.2, 0) is 4.79 Å². The van der Waals surface area contributed by atoms with Gasteiger partial charge in [-0.15, -0.1) is 0 Å². The lowest BCUT2D eigenvalue weighted by atomic mass is 9.99. The van der Waals surface area contributed by atoms with E-state index < -0.39 is 12.0 Å². The number of nitrogens with one attached hydrogen (secondary N) is 1. The smallest absolute Gasteiger partial charge is 0.320 e. The summed E-state index contributed by atoms with van der Waals surface area (Å²) in [4.78, 5) is 10.5. The summed E-state index contributed by atoms with van der Waals surface area (Å²) >= 11 is 0. The normalized spacial score (nSPS) is 31.7. The molecule has 0 saturated carbocycles. The van der Waals surface area contributed by atoms with Gasteiger partial charge in [-0.25, -0.2) is 0 Å². The van der Waals surface area contributed by atoms with Crippen LogP contribution in [0.3, 0.4) is 0 Å². The number of piperidine rings is 1. The van der Waals surface area contributed by atoms with Gasteiger partial charge in [0.1, 0.15) is 6.04 Å². The highest BCUT2D eigenvalue weighted by Crippen LogP contribution is 2.12. The zero-order chi connectivity index (χ0) is 8.27. The van der Waals surface area contributed by atoms with Gasteiger partial charge >= 0.3 is 5.97 Å². The largest absolute Gasteiger partial charge is 0.480 e. The Morgan fingerprint density at radius 2 is 2.27 bits per heavy atom. The summed E-state index contributed by atoms with van der Waals surface area (Å²) in [5.74, 6) is -0.817. The van der Waals surface area contributed by atoms with Crippen LogP contribution in [0.25, 0.3) is 0 Å². The molecule has 64 valence electrons. The number of rotatable bonds is 2. The first-order valence-corrected chi connectivity index (χ1v) is 3.83. The lowest BCUT2D eigenvalue weighted by Crippen LogP contribution is -2.48. The predicted molar refractivity (Wildman–Crippen MR) is 39.3 cm³/mol. The van der Waals surface area contributed by atoms with Crippen molar-refractivity contribution in [3.05, 3.63) is 0 Å². The summed E-state index contributed by atoms with van der Waals surface area (Å²) in [7, 11) is 0. The summed E-state index contributed by atoms with van der Waals surface area (Å²) in [6.45, 7) is 0.0315. The first-order chi connectivity index (χ1) is 5.24. The van der Waals surface area contributed by atoms with Crippen LogP contribution < -0.4 is 5.32 Å². The second-order valence-electron chi connectivity index (χ2n) is 2.87. The maximum Gasteiger partial charge on any atom is 0.320 e. The number of carbonyl (C=O) groups is 1. The molecule has 0 aromatic rings. The van der Waals surface area contributed by atoms with E-state index in [0.717, 1.165) is 12.8 Å². The lowest BCUT2D eigenvalue weighted by molar-refractivity contribution is -0.140. The lowest BCUT2D eigenvalue weighted by Gasteiger charge is -2.26. The van der Waals surface area contributed by atoms with Gasteiger partial charge in [-0.2, -0.15) is 0 Å². The fourth-order valence-corrected chi connectivity index (χ4v) is 1.36. The molecule has 1 heterocycles. The van der Waals surface area contributed by atoms with Gasteiger partial charge in [0.2, 0.25) is 0 Å². The molecular formula is C7H13NO3. The monoisotopic (exact) mass is 159 g/mol. The molecule has 0 spiro atoms. The number of aliphatic hydroxyl groups excluding tert-OH is 1. The van der Waals surface area contributed by atoms with Crippen LogP contribution in [0, 0.1) is 0 Å². The molecule has 0 aliphatic carbocycles. The van der Waals surface area contributed by atoms with E-state index in [4.69, 9.17) is 10.2 Å². The summed E-state index contributed by atoms with van der Waals surface area (Å²) in [6.07, 6.45) is 2.43. The molecule has 2 atom stereocenters. The molecule has 1 fully saturated rings. The van der Waals surface area contributed by atoms with Gasteiger partial charge in [0.05, 0.1) is 6.61 Å². The molecule has 4 nitrogen and oxygen atoms in total. The topological polar surface area (TPSA) is 69.6 Å². The molecule has 0 aromatic heterocycles. The van der Waals surface area contributed by atoms with Crippen molar-refractivity contribution in [2.75, 3.05) is 6.61 Å². The summed E-state index contributed by atoms with van der Waals surface area (Å²) in [6, 6.07) is -0.481. The van der Waals surface area contributed by atoms with E-state index in [9.17, 15) is 4.79 Å². The van der Waals surface area contributed by atoms with Gasteiger partial charge < -0.3 is 10.2 Å². The van der Waals surface area contributed by atoms with E-state index >= 15 is 0 Å². The van der Waals surface area contributed by atoms with Crippen molar-refractivity contribution in [2.45, 2.75) is 31.3 Å². The number of hydrogen-bond acceptors (Lipinski definition) is 3. The van der Waals surface area contributed by atoms with Crippen LogP contribution in [0.1, 0.15) is 19.3 Å². The van der Waals surface area contributed by atoms with Crippen molar-refractivity contribution in [2.24, 2.45) is 0 Å². The molecule has 0 radical (unpaired) electrons. The SMILES string of the molecule is O=C(O)[C@H]1CCC[C@@H](CO)N1. The number of carboxylic acid groups (broad SMARTS) is 1. The molecule has 1 aliphatic heterocycles. The zero-order valence-electron chi connectivity index (χ0n) is 6.29. The van der Waals surface area contributed by atoms with Crippen LogP contribution in [0.15, 0.2) is 0 Å². The van der Waals surface area contributed by atoms with Crippen LogP contribution in [0.5, 0.6) is 0 Å². The van der Waals surface area contributed by atoms with Gasteiger partial charge in [-0.3, -0.25) is 10.1 Å². The molecule has 11 heavy (non-hydrogen) atoms. The summed E-state index contributed by atoms with van der Waals surface area (Å²) in [5.41, 5.74) is 0. The van der Waals surface area contributed by atoms with Crippen LogP contribution in [0.2, 0.25) is 0 Å². The van der Waals surface area contributed by atoms with E-state index in [1.54, 1.807) is 0 Å². The molecule has 3 N–H and O–H groups in total. The third-order valence-corrected chi connectivity index (χ3v) is 2.00. The van der Waals surface area contributed by atoms with Crippen LogP contribution in [-0.4, -0.2) is 34.9 Å². The molecule has 1 rings (SSSR count). The predicted octanol–water partition coefficient (Wildman–Crippen LogP) is -0.426. The second kappa shape index (κ2) is 3.69. The number of hydrogen-bond donors (Lipinski definition) is 3. The van der Waals surface area contributed by atoms with Crippen LogP contribution in [0.4, 0.5) is 0 Å². The maximum absolute atomic E-state index is 10.5. The Balaban J connectivity index is 2.39. The van der Waals surface area contributed by atoms with Gasteiger partial charge in [0.15, 0.2) is 0 Å². The third kappa shape index (κ3) is 2.17. The van der Waals surface area contributed by atoms with E-state index in [2.05, 4.69) is 5.32 Å². The van der Waals surface area contributed by atoms with Crippen molar-refractivity contribution < 1.29 is 15.0 Å². The van der Waals surface area contributed by atoms with Gasteiger partial charge in [0.25, 0.3) is 0 Å². The van der Waals surface area contributed by atoms with Gasteiger partial charge in [0, 0.05) is 6.04 Å². The fraction of sp³-hybridized carbons (Fsp3) is 0.857. The Bertz CT molecular complexity index is 149. The number of carboxylic acids is 1. The third-order valence-electron chi connectivity index (χ3n) is 2.00. The molecule has 0 bridgehead atoms. The molecular weight excluding hydrogens is 146 g/mol. The summed E-state index contributed by atoms with van der Waals surface area (Å²) < 4.78 is 0. The highest BCUT2D eigenvalue weighted by Gasteiger charge is 2.24. The average Bonchev–Trinajstić information content (AvgIpc) is 2.05. The minimum absolute atomic E-state index is 0.0233. The fourth-order valence-electron chi connectivity index (χ4n) is 1.36. The Labute approximate surface area is 65.2 Å². The molecule has 1 saturated heterocycles. The summed E-state index contributed by atoms with van der Waals surface area (Å²) in [5, 5.41) is 20.2. The molecule has 4 heteroatoms. The molecule has 0 amide bonds. The highest BCUT2D eigenvalue weighted by atomic mass is 16.4. The zero-order valence-corrected chi connectivity index (χ0v) is 6.29. The minimum Gasteiger partial charge on any atom is -0.480 e. The van der Waals surface area contributed by atoms with Crippen molar-refractivity contribution in [1.82, 2.24) is 5.32 Å². The molecule has 0 unspecified atom stereocenters. The quantitative estimate of drug-likeness (QED) is 0.511.